The van der Waals surface area contributed by atoms with Crippen LogP contribution in [0.2, 0.25) is 0 Å². The van der Waals surface area contributed by atoms with Gasteiger partial charge in [-0.25, -0.2) is 0 Å². The minimum absolute atomic E-state index is 0.0498. The molecule has 0 aliphatic rings. The maximum atomic E-state index is 12.5. The average Bonchev–Trinajstić information content (AvgIpc) is 2.61. The Hall–Kier alpha value is -2.75. The number of aryl methyl sites for hydroxylation is 2. The predicted molar refractivity (Wildman–Crippen MR) is 96.3 cm³/mol. The Kier molecular flexibility index (Phi) is 4.56. The number of nitrogens with one attached hydrogen (secondary N) is 1. The fraction of sp³-hybridized carbons (Fsp3) is 0.250. The molecule has 0 radical (unpaired) electrons. The predicted octanol–water partition coefficient (Wildman–Crippen LogP) is 3.64. The van der Waals surface area contributed by atoms with Crippen LogP contribution in [0.1, 0.15) is 16.7 Å². The van der Waals surface area contributed by atoms with Crippen molar-refractivity contribution in [2.45, 2.75) is 19.8 Å². The van der Waals surface area contributed by atoms with E-state index < -0.39 is 0 Å². The van der Waals surface area contributed by atoms with Gasteiger partial charge in [0.1, 0.15) is 11.5 Å². The van der Waals surface area contributed by atoms with E-state index in [4.69, 9.17) is 9.47 Å². The van der Waals surface area contributed by atoms with Crippen LogP contribution in [0.3, 0.4) is 0 Å². The van der Waals surface area contributed by atoms with Gasteiger partial charge in [0.05, 0.1) is 19.7 Å². The highest BCUT2D eigenvalue weighted by molar-refractivity contribution is 5.90. The van der Waals surface area contributed by atoms with Crippen molar-refractivity contribution in [3.8, 4) is 11.5 Å². The number of methoxy groups -OCH3 is 2. The molecule has 0 saturated heterocycles. The molecule has 4 heteroatoms. The summed E-state index contributed by atoms with van der Waals surface area (Å²) < 4.78 is 10.8. The SMILES string of the molecule is COc1cc(OC)c2c(C)c(CCc3ccccc3)c(=O)[nH]c2c1. The third kappa shape index (κ3) is 3.00. The molecule has 1 aromatic heterocycles. The van der Waals surface area contributed by atoms with Crippen LogP contribution in [0.4, 0.5) is 0 Å². The molecule has 0 atom stereocenters. The van der Waals surface area contributed by atoms with E-state index >= 15 is 0 Å². The summed E-state index contributed by atoms with van der Waals surface area (Å²) in [6.45, 7) is 1.98. The first kappa shape index (κ1) is 16.1. The van der Waals surface area contributed by atoms with Gasteiger partial charge in [0.2, 0.25) is 0 Å². The highest BCUT2D eigenvalue weighted by atomic mass is 16.5. The summed E-state index contributed by atoms with van der Waals surface area (Å²) in [6, 6.07) is 13.9. The van der Waals surface area contributed by atoms with Gasteiger partial charge in [-0.1, -0.05) is 30.3 Å². The number of aromatic nitrogens is 1. The van der Waals surface area contributed by atoms with Gasteiger partial charge in [-0.2, -0.15) is 0 Å². The number of pyridine rings is 1. The Morgan fingerprint density at radius 1 is 1.00 bits per heavy atom. The molecule has 3 aromatic rings. The van der Waals surface area contributed by atoms with Crippen LogP contribution in [0, 0.1) is 6.92 Å². The van der Waals surface area contributed by atoms with E-state index in [1.807, 2.05) is 37.3 Å². The molecule has 0 bridgehead atoms. The number of ether oxygens (including phenoxy) is 2. The van der Waals surface area contributed by atoms with Crippen molar-refractivity contribution in [1.82, 2.24) is 4.98 Å². The first-order chi connectivity index (χ1) is 11.6. The Bertz CT molecular complexity index is 914. The molecule has 0 spiro atoms. The molecule has 1 N–H and O–H groups in total. The number of rotatable bonds is 5. The maximum absolute atomic E-state index is 12.5. The van der Waals surface area contributed by atoms with Crippen molar-refractivity contribution in [2.24, 2.45) is 0 Å². The minimum Gasteiger partial charge on any atom is -0.497 e. The van der Waals surface area contributed by atoms with E-state index in [0.717, 1.165) is 28.5 Å². The van der Waals surface area contributed by atoms with Crippen LogP contribution in [-0.4, -0.2) is 19.2 Å². The Labute approximate surface area is 141 Å². The third-order valence-corrected chi connectivity index (χ3v) is 4.39. The van der Waals surface area contributed by atoms with E-state index in [1.54, 1.807) is 14.2 Å². The Balaban J connectivity index is 2.07. The first-order valence-electron chi connectivity index (χ1n) is 7.95. The second-order valence-corrected chi connectivity index (χ2v) is 5.80. The van der Waals surface area contributed by atoms with Crippen LogP contribution in [0.25, 0.3) is 10.9 Å². The molecule has 0 aliphatic carbocycles. The van der Waals surface area contributed by atoms with Crippen LogP contribution >= 0.6 is 0 Å². The highest BCUT2D eigenvalue weighted by Gasteiger charge is 2.14. The van der Waals surface area contributed by atoms with Crippen molar-refractivity contribution in [3.05, 3.63) is 69.5 Å². The Morgan fingerprint density at radius 3 is 2.42 bits per heavy atom. The van der Waals surface area contributed by atoms with Crippen molar-refractivity contribution >= 4 is 10.9 Å². The maximum Gasteiger partial charge on any atom is 0.251 e. The fourth-order valence-corrected chi connectivity index (χ4v) is 3.09. The lowest BCUT2D eigenvalue weighted by molar-refractivity contribution is 0.397. The molecule has 3 rings (SSSR count). The average molecular weight is 323 g/mol. The summed E-state index contributed by atoms with van der Waals surface area (Å²) in [7, 11) is 3.22. The number of benzene rings is 2. The van der Waals surface area contributed by atoms with Crippen LogP contribution in [0.15, 0.2) is 47.3 Å². The lowest BCUT2D eigenvalue weighted by atomic mass is 9.98. The van der Waals surface area contributed by atoms with Gasteiger partial charge in [-0.15, -0.1) is 0 Å². The largest absolute Gasteiger partial charge is 0.497 e. The number of aromatic amines is 1. The molecule has 0 unspecified atom stereocenters. The smallest absolute Gasteiger partial charge is 0.251 e. The van der Waals surface area contributed by atoms with E-state index in [9.17, 15) is 4.79 Å². The molecule has 0 fully saturated rings. The first-order valence-corrected chi connectivity index (χ1v) is 7.95. The minimum atomic E-state index is -0.0498. The number of hydrogen-bond donors (Lipinski definition) is 1. The Morgan fingerprint density at radius 2 is 1.75 bits per heavy atom. The van der Waals surface area contributed by atoms with Gasteiger partial charge in [0, 0.05) is 23.1 Å². The monoisotopic (exact) mass is 323 g/mol. The standard InChI is InChI=1S/C20H21NO3/c1-13-16(10-9-14-7-5-4-6-8-14)20(22)21-17-11-15(23-2)12-18(24-3)19(13)17/h4-8,11-12H,9-10H2,1-3H3,(H,21,22). The van der Waals surface area contributed by atoms with E-state index in [2.05, 4.69) is 17.1 Å². The van der Waals surface area contributed by atoms with Crippen molar-refractivity contribution in [1.29, 1.82) is 0 Å². The topological polar surface area (TPSA) is 51.3 Å². The summed E-state index contributed by atoms with van der Waals surface area (Å²) in [6.07, 6.45) is 1.52. The summed E-state index contributed by atoms with van der Waals surface area (Å²) in [5.74, 6) is 1.37. The summed E-state index contributed by atoms with van der Waals surface area (Å²) in [5.41, 5.74) is 3.67. The molecular weight excluding hydrogens is 302 g/mol. The molecular formula is C20H21NO3. The second kappa shape index (κ2) is 6.79. The van der Waals surface area contributed by atoms with Gasteiger partial charge in [-0.3, -0.25) is 4.79 Å². The van der Waals surface area contributed by atoms with Gasteiger partial charge >= 0.3 is 0 Å². The second-order valence-electron chi connectivity index (χ2n) is 5.80. The van der Waals surface area contributed by atoms with Crippen LogP contribution in [0.5, 0.6) is 11.5 Å². The van der Waals surface area contributed by atoms with Gasteiger partial charge in [-0.05, 0) is 30.9 Å². The number of H-pyrrole nitrogens is 1. The fourth-order valence-electron chi connectivity index (χ4n) is 3.09. The van der Waals surface area contributed by atoms with E-state index in [-0.39, 0.29) is 5.56 Å². The molecule has 0 aliphatic heterocycles. The van der Waals surface area contributed by atoms with Crippen LogP contribution in [-0.2, 0) is 12.8 Å². The molecule has 4 nitrogen and oxygen atoms in total. The van der Waals surface area contributed by atoms with Gasteiger partial charge < -0.3 is 14.5 Å². The number of hydrogen-bond acceptors (Lipinski definition) is 3. The summed E-state index contributed by atoms with van der Waals surface area (Å²) >= 11 is 0. The van der Waals surface area contributed by atoms with Crippen molar-refractivity contribution in [3.63, 3.8) is 0 Å². The van der Waals surface area contributed by atoms with E-state index in [0.29, 0.717) is 17.9 Å². The van der Waals surface area contributed by atoms with Crippen molar-refractivity contribution in [2.75, 3.05) is 14.2 Å². The van der Waals surface area contributed by atoms with E-state index in [1.165, 1.54) is 5.56 Å². The lowest BCUT2D eigenvalue weighted by Crippen LogP contribution is -2.16. The zero-order valence-corrected chi connectivity index (χ0v) is 14.2. The molecule has 0 amide bonds. The highest BCUT2D eigenvalue weighted by Crippen LogP contribution is 2.32. The molecule has 1 heterocycles. The molecule has 0 saturated carbocycles. The normalized spacial score (nSPS) is 10.8. The third-order valence-electron chi connectivity index (χ3n) is 4.39. The van der Waals surface area contributed by atoms with Crippen LogP contribution < -0.4 is 15.0 Å². The molecule has 24 heavy (non-hydrogen) atoms. The quantitative estimate of drug-likeness (QED) is 0.780. The molecule has 2 aromatic carbocycles. The number of fused-ring (bicyclic) bond motifs is 1. The summed E-state index contributed by atoms with van der Waals surface area (Å²) in [5, 5.41) is 0.931. The summed E-state index contributed by atoms with van der Waals surface area (Å²) in [4.78, 5) is 15.5. The zero-order chi connectivity index (χ0) is 17.1. The van der Waals surface area contributed by atoms with Crippen molar-refractivity contribution < 1.29 is 9.47 Å². The molecule has 124 valence electrons. The lowest BCUT2D eigenvalue weighted by Gasteiger charge is -2.13. The van der Waals surface area contributed by atoms with Gasteiger partial charge in [0.25, 0.3) is 5.56 Å². The zero-order valence-electron chi connectivity index (χ0n) is 14.2. The van der Waals surface area contributed by atoms with Gasteiger partial charge in [0.15, 0.2) is 0 Å².